The number of carbonyl (C=O) groups is 2. The van der Waals surface area contributed by atoms with Crippen molar-refractivity contribution in [3.63, 3.8) is 0 Å². The van der Waals surface area contributed by atoms with Crippen LogP contribution in [0.5, 0.6) is 0 Å². The highest BCUT2D eigenvalue weighted by molar-refractivity contribution is 5.97. The number of rotatable bonds is 11. The van der Waals surface area contributed by atoms with Crippen LogP contribution >= 0.6 is 0 Å². The average Bonchev–Trinajstić information content (AvgIpc) is 2.88. The molecular weight excluding hydrogens is 470 g/mol. The molecule has 0 aliphatic carbocycles. The standard InChI is InChI=1S/C28H35N5O4/c1-4-5-16-32-25(29)24(27(36)31-28(32)37)33(18-19(2)3)23(34)17-22(20-12-8-6-9-13-20)30-26(35)21-14-10-7-11-15-21/h6-15,19,22H,4-5,16-18,29H2,1-3H3,(H,30,35)(H,31,36,37)/t22-/m1/s1. The maximum atomic E-state index is 13.8. The number of unbranched alkanes of at least 4 members (excludes halogenated alkanes) is 1. The molecule has 0 bridgehead atoms. The van der Waals surface area contributed by atoms with Gasteiger partial charge in [0.15, 0.2) is 5.69 Å². The number of H-pyrrole nitrogens is 1. The number of amides is 2. The number of anilines is 2. The van der Waals surface area contributed by atoms with E-state index < -0.39 is 23.2 Å². The third-order valence-electron chi connectivity index (χ3n) is 5.99. The number of nitrogens with one attached hydrogen (secondary N) is 2. The number of carbonyl (C=O) groups excluding carboxylic acids is 2. The van der Waals surface area contributed by atoms with E-state index in [0.29, 0.717) is 18.5 Å². The van der Waals surface area contributed by atoms with Gasteiger partial charge in [-0.3, -0.25) is 23.9 Å². The Morgan fingerprint density at radius 3 is 2.24 bits per heavy atom. The molecule has 0 radical (unpaired) electrons. The second-order valence-corrected chi connectivity index (χ2v) is 9.40. The van der Waals surface area contributed by atoms with Crippen molar-refractivity contribution in [2.75, 3.05) is 17.2 Å². The lowest BCUT2D eigenvalue weighted by atomic mass is 10.0. The molecular formula is C28H35N5O4. The molecule has 196 valence electrons. The van der Waals surface area contributed by atoms with Gasteiger partial charge in [0, 0.05) is 18.7 Å². The van der Waals surface area contributed by atoms with Crippen LogP contribution in [0.3, 0.4) is 0 Å². The van der Waals surface area contributed by atoms with Crippen LogP contribution in [0.1, 0.15) is 62.0 Å². The minimum atomic E-state index is -0.714. The number of nitrogens with two attached hydrogens (primary N) is 1. The van der Waals surface area contributed by atoms with Crippen molar-refractivity contribution in [2.45, 2.75) is 52.6 Å². The minimum absolute atomic E-state index is 0.00727. The highest BCUT2D eigenvalue weighted by Gasteiger charge is 2.28. The molecule has 2 amide bonds. The van der Waals surface area contributed by atoms with E-state index in [-0.39, 0.29) is 36.3 Å². The SMILES string of the molecule is CCCCn1c(N)c(N(CC(C)C)C(=O)C[C@@H](NC(=O)c2ccccc2)c2ccccc2)c(=O)[nH]c1=O. The first kappa shape index (κ1) is 27.4. The summed E-state index contributed by atoms with van der Waals surface area (Å²) in [4.78, 5) is 55.7. The van der Waals surface area contributed by atoms with Gasteiger partial charge in [0.2, 0.25) is 5.91 Å². The van der Waals surface area contributed by atoms with Gasteiger partial charge in [-0.1, -0.05) is 75.7 Å². The predicted molar refractivity (Wildman–Crippen MR) is 146 cm³/mol. The number of nitrogen functional groups attached to an aromatic ring is 1. The van der Waals surface area contributed by atoms with Crippen molar-refractivity contribution in [3.8, 4) is 0 Å². The molecule has 0 saturated heterocycles. The summed E-state index contributed by atoms with van der Waals surface area (Å²) >= 11 is 0. The van der Waals surface area contributed by atoms with Crippen molar-refractivity contribution in [2.24, 2.45) is 5.92 Å². The second-order valence-electron chi connectivity index (χ2n) is 9.40. The molecule has 0 spiro atoms. The highest BCUT2D eigenvalue weighted by atomic mass is 16.2. The summed E-state index contributed by atoms with van der Waals surface area (Å²) in [5, 5.41) is 2.96. The minimum Gasteiger partial charge on any atom is -0.383 e. The van der Waals surface area contributed by atoms with Crippen molar-refractivity contribution < 1.29 is 9.59 Å². The summed E-state index contributed by atoms with van der Waals surface area (Å²) in [7, 11) is 0. The summed E-state index contributed by atoms with van der Waals surface area (Å²) in [6.07, 6.45) is 1.41. The molecule has 4 N–H and O–H groups in total. The van der Waals surface area contributed by atoms with Gasteiger partial charge in [-0.15, -0.1) is 0 Å². The van der Waals surface area contributed by atoms with Crippen LogP contribution in [0.2, 0.25) is 0 Å². The van der Waals surface area contributed by atoms with Crippen molar-refractivity contribution >= 4 is 23.3 Å². The number of aromatic amines is 1. The normalized spacial score (nSPS) is 11.8. The second kappa shape index (κ2) is 12.7. The maximum Gasteiger partial charge on any atom is 0.330 e. The van der Waals surface area contributed by atoms with E-state index in [1.807, 2.05) is 57.2 Å². The summed E-state index contributed by atoms with van der Waals surface area (Å²) < 4.78 is 1.30. The Morgan fingerprint density at radius 1 is 1.03 bits per heavy atom. The fourth-order valence-electron chi connectivity index (χ4n) is 4.11. The van der Waals surface area contributed by atoms with Crippen molar-refractivity contribution in [3.05, 3.63) is 92.6 Å². The van der Waals surface area contributed by atoms with Crippen LogP contribution in [0.4, 0.5) is 11.5 Å². The fourth-order valence-corrected chi connectivity index (χ4v) is 4.11. The summed E-state index contributed by atoms with van der Waals surface area (Å²) in [6.45, 7) is 6.36. The third kappa shape index (κ3) is 6.97. The van der Waals surface area contributed by atoms with Crippen LogP contribution in [0.15, 0.2) is 70.3 Å². The van der Waals surface area contributed by atoms with Crippen LogP contribution in [-0.2, 0) is 11.3 Å². The molecule has 2 aromatic carbocycles. The summed E-state index contributed by atoms with van der Waals surface area (Å²) in [6, 6.07) is 17.3. The van der Waals surface area contributed by atoms with Crippen LogP contribution in [-0.4, -0.2) is 27.9 Å². The number of aromatic nitrogens is 2. The van der Waals surface area contributed by atoms with Gasteiger partial charge in [0.25, 0.3) is 11.5 Å². The van der Waals surface area contributed by atoms with E-state index in [9.17, 15) is 19.2 Å². The largest absolute Gasteiger partial charge is 0.383 e. The molecule has 0 fully saturated rings. The maximum absolute atomic E-state index is 13.8. The zero-order valence-corrected chi connectivity index (χ0v) is 21.6. The van der Waals surface area contributed by atoms with Gasteiger partial charge in [0.05, 0.1) is 12.5 Å². The third-order valence-corrected chi connectivity index (χ3v) is 5.99. The smallest absolute Gasteiger partial charge is 0.330 e. The van der Waals surface area contributed by atoms with Gasteiger partial charge in [0.1, 0.15) is 5.82 Å². The van der Waals surface area contributed by atoms with E-state index in [1.165, 1.54) is 9.47 Å². The Balaban J connectivity index is 1.99. The lowest BCUT2D eigenvalue weighted by Gasteiger charge is -2.28. The van der Waals surface area contributed by atoms with Gasteiger partial charge < -0.3 is 16.0 Å². The molecule has 0 aliphatic rings. The molecule has 0 aliphatic heterocycles. The first-order valence-electron chi connectivity index (χ1n) is 12.6. The molecule has 0 unspecified atom stereocenters. The zero-order chi connectivity index (χ0) is 26.9. The zero-order valence-electron chi connectivity index (χ0n) is 21.6. The molecule has 3 rings (SSSR count). The Labute approximate surface area is 216 Å². The Hall–Kier alpha value is -4.14. The topological polar surface area (TPSA) is 130 Å². The lowest BCUT2D eigenvalue weighted by molar-refractivity contribution is -0.119. The van der Waals surface area contributed by atoms with Gasteiger partial charge in [-0.05, 0) is 30.0 Å². The number of hydrogen-bond acceptors (Lipinski definition) is 5. The monoisotopic (exact) mass is 505 g/mol. The first-order chi connectivity index (χ1) is 17.7. The van der Waals surface area contributed by atoms with E-state index in [4.69, 9.17) is 5.73 Å². The van der Waals surface area contributed by atoms with Crippen LogP contribution in [0.25, 0.3) is 0 Å². The molecule has 9 nitrogen and oxygen atoms in total. The van der Waals surface area contributed by atoms with E-state index in [1.54, 1.807) is 24.3 Å². The quantitative estimate of drug-likeness (QED) is 0.367. The van der Waals surface area contributed by atoms with E-state index >= 15 is 0 Å². The molecule has 9 heteroatoms. The lowest BCUT2D eigenvalue weighted by Crippen LogP contribution is -2.44. The van der Waals surface area contributed by atoms with Crippen LogP contribution in [0, 0.1) is 5.92 Å². The Bertz CT molecular complexity index is 1320. The molecule has 3 aromatic rings. The van der Waals surface area contributed by atoms with Crippen molar-refractivity contribution in [1.82, 2.24) is 14.9 Å². The highest BCUT2D eigenvalue weighted by Crippen LogP contribution is 2.24. The number of benzene rings is 2. The average molecular weight is 506 g/mol. The molecule has 0 saturated carbocycles. The van der Waals surface area contributed by atoms with Crippen molar-refractivity contribution in [1.29, 1.82) is 0 Å². The Kier molecular flexibility index (Phi) is 9.43. The van der Waals surface area contributed by atoms with Gasteiger partial charge in [-0.25, -0.2) is 4.79 Å². The molecule has 37 heavy (non-hydrogen) atoms. The van der Waals surface area contributed by atoms with Gasteiger partial charge >= 0.3 is 5.69 Å². The number of hydrogen-bond donors (Lipinski definition) is 3. The Morgan fingerprint density at radius 2 is 1.65 bits per heavy atom. The van der Waals surface area contributed by atoms with E-state index in [0.717, 1.165) is 12.0 Å². The predicted octanol–water partition coefficient (Wildman–Crippen LogP) is 3.47. The number of nitrogens with zero attached hydrogens (tertiary/aromatic N) is 2. The van der Waals surface area contributed by atoms with Crippen LogP contribution < -0.4 is 27.2 Å². The first-order valence-corrected chi connectivity index (χ1v) is 12.6. The molecule has 1 atom stereocenters. The fraction of sp³-hybridized carbons (Fsp3) is 0.357. The van der Waals surface area contributed by atoms with Gasteiger partial charge in [-0.2, -0.15) is 0 Å². The summed E-state index contributed by atoms with van der Waals surface area (Å²) in [5.41, 5.74) is 6.18. The summed E-state index contributed by atoms with van der Waals surface area (Å²) in [5.74, 6) is -0.745. The molecule has 1 heterocycles. The van der Waals surface area contributed by atoms with E-state index in [2.05, 4.69) is 10.3 Å². The molecule has 1 aromatic heterocycles.